The van der Waals surface area contributed by atoms with E-state index in [1.54, 1.807) is 26.0 Å². The number of aliphatic hydroxyl groups is 1. The molecule has 0 bridgehead atoms. The minimum Gasteiger partial charge on any atom is -0.481 e. The van der Waals surface area contributed by atoms with Crippen LogP contribution in [0.25, 0.3) is 0 Å². The normalized spacial score (nSPS) is 10.9. The van der Waals surface area contributed by atoms with E-state index in [4.69, 9.17) is 9.47 Å². The first kappa shape index (κ1) is 21.2. The van der Waals surface area contributed by atoms with Gasteiger partial charge in [0.05, 0.1) is 13.2 Å². The van der Waals surface area contributed by atoms with Crippen molar-refractivity contribution in [3.05, 3.63) is 38.0 Å². The van der Waals surface area contributed by atoms with Gasteiger partial charge in [-0.3, -0.25) is 0 Å². The van der Waals surface area contributed by atoms with Crippen molar-refractivity contribution in [2.24, 2.45) is 0 Å². The Kier molecular flexibility index (Phi) is 16.2. The van der Waals surface area contributed by atoms with Crippen LogP contribution >= 0.6 is 0 Å². The summed E-state index contributed by atoms with van der Waals surface area (Å²) in [6.45, 7) is 7.46. The number of rotatable bonds is 6. The Bertz CT molecular complexity index is 259. The van der Waals surface area contributed by atoms with Crippen LogP contribution in [0.1, 0.15) is 20.3 Å². The summed E-state index contributed by atoms with van der Waals surface area (Å²) < 4.78 is 9.63. The minimum atomic E-state index is -0.568. The number of esters is 1. The summed E-state index contributed by atoms with van der Waals surface area (Å²) in [6.07, 6.45) is 3.42. The number of ether oxygens (including phenoxy) is 2. The van der Waals surface area contributed by atoms with Crippen LogP contribution in [-0.2, 0) is 30.8 Å². The van der Waals surface area contributed by atoms with Crippen LogP contribution in [-0.4, -0.2) is 24.3 Å². The van der Waals surface area contributed by atoms with E-state index in [0.29, 0.717) is 6.61 Å². The second-order valence-electron chi connectivity index (χ2n) is 2.61. The third kappa shape index (κ3) is 8.69. The predicted octanol–water partition coefficient (Wildman–Crippen LogP) is 2.58. The summed E-state index contributed by atoms with van der Waals surface area (Å²) in [7, 11) is 0. The Labute approximate surface area is 114 Å². The predicted molar refractivity (Wildman–Crippen MR) is 63.4 cm³/mol. The van der Waals surface area contributed by atoms with Crippen molar-refractivity contribution in [3.63, 3.8) is 0 Å². The fourth-order valence-corrected chi connectivity index (χ4v) is 0.901. The molecule has 0 aromatic carbocycles. The molecule has 0 saturated carbocycles. The first-order chi connectivity index (χ1) is 7.17. The van der Waals surface area contributed by atoms with E-state index in [2.05, 4.69) is 6.92 Å². The number of carbonyl (C=O) groups excluding carboxylic acids is 1. The van der Waals surface area contributed by atoms with Crippen LogP contribution in [0.2, 0.25) is 0 Å². The molecule has 17 heavy (non-hydrogen) atoms. The molecule has 0 aliphatic heterocycles. The number of aliphatic hydroxyl groups excluding tert-OH is 1. The number of allylic oxidation sites excluding steroid dienone is 2. The molecule has 0 radical (unpaired) electrons. The zero-order valence-electron chi connectivity index (χ0n) is 10.5. The van der Waals surface area contributed by atoms with Gasteiger partial charge in [-0.15, -0.1) is 0 Å². The summed E-state index contributed by atoms with van der Waals surface area (Å²) in [5.41, 5.74) is 0.110. The molecule has 0 spiro atoms. The molecule has 0 rings (SSSR count). The fourth-order valence-electron chi connectivity index (χ4n) is 0.901. The summed E-state index contributed by atoms with van der Waals surface area (Å²) in [4.78, 5) is 11.4. The van der Waals surface area contributed by atoms with E-state index in [9.17, 15) is 9.90 Å². The molecular weight excluding hydrogens is 267 g/mol. The largest absolute Gasteiger partial charge is 2.00 e. The van der Waals surface area contributed by atoms with E-state index in [-0.39, 0.29) is 48.5 Å². The van der Waals surface area contributed by atoms with Gasteiger partial charge in [-0.25, -0.2) is 23.9 Å². The van der Waals surface area contributed by atoms with Crippen molar-refractivity contribution in [1.82, 2.24) is 0 Å². The smallest absolute Gasteiger partial charge is 0.481 e. The second kappa shape index (κ2) is 13.0. The van der Waals surface area contributed by atoms with Crippen LogP contribution in [0, 0.1) is 14.4 Å². The molecule has 0 amide bonds. The van der Waals surface area contributed by atoms with Crippen LogP contribution < -0.4 is 0 Å². The van der Waals surface area contributed by atoms with E-state index in [0.717, 1.165) is 0 Å². The third-order valence-corrected chi connectivity index (χ3v) is 1.55. The molecule has 0 aliphatic rings. The van der Waals surface area contributed by atoms with E-state index in [1.807, 2.05) is 0 Å². The monoisotopic (exact) mass is 286 g/mol. The van der Waals surface area contributed by atoms with Crippen molar-refractivity contribution >= 4 is 5.97 Å². The molecule has 0 aliphatic carbocycles. The molecule has 0 aromatic rings. The van der Waals surface area contributed by atoms with Gasteiger partial charge in [0.1, 0.15) is 5.57 Å². The number of hydrogen-bond donors (Lipinski definition) is 1. The van der Waals surface area contributed by atoms with Gasteiger partial charge >= 0.3 is 22.5 Å². The molecule has 0 saturated heterocycles. The van der Waals surface area contributed by atoms with Gasteiger partial charge in [0.2, 0.25) is 0 Å². The molecule has 5 heteroatoms. The maximum Gasteiger partial charge on any atom is 2.00 e. The standard InChI is InChI=1S/C11H17O4.CH3.Ni/c1-4-7-8-9(10(12)14-5-2)11(13)15-6-3;;/h4,7,12H,1,5-6,8H2,2-3H3;1H3;/q2*-1;+2/b7-4-,10-9-;;. The van der Waals surface area contributed by atoms with Crippen molar-refractivity contribution in [2.45, 2.75) is 20.3 Å². The van der Waals surface area contributed by atoms with Crippen LogP contribution in [0.15, 0.2) is 23.7 Å². The van der Waals surface area contributed by atoms with Gasteiger partial charge in [-0.1, -0.05) is 6.42 Å². The van der Waals surface area contributed by atoms with Gasteiger partial charge in [-0.05, 0) is 13.8 Å². The average molecular weight is 287 g/mol. The first-order valence-corrected chi connectivity index (χ1v) is 4.83. The maximum absolute atomic E-state index is 11.4. The zero-order valence-corrected chi connectivity index (χ0v) is 11.5. The fraction of sp³-hybridized carbons (Fsp3) is 0.417. The van der Waals surface area contributed by atoms with Crippen molar-refractivity contribution < 1.29 is 35.9 Å². The third-order valence-electron chi connectivity index (χ3n) is 1.55. The molecule has 0 heterocycles. The van der Waals surface area contributed by atoms with E-state index in [1.165, 1.54) is 0 Å². The quantitative estimate of drug-likeness (QED) is 0.268. The Hall–Kier alpha value is -1.09. The molecule has 102 valence electrons. The van der Waals surface area contributed by atoms with Crippen LogP contribution in [0.3, 0.4) is 0 Å². The molecule has 0 unspecified atom stereocenters. The number of carbonyl (C=O) groups is 1. The van der Waals surface area contributed by atoms with Crippen molar-refractivity contribution in [2.75, 3.05) is 13.2 Å². The average Bonchev–Trinajstić information content (AvgIpc) is 2.19. The summed E-state index contributed by atoms with van der Waals surface area (Å²) in [5, 5.41) is 9.43. The molecule has 4 nitrogen and oxygen atoms in total. The summed E-state index contributed by atoms with van der Waals surface area (Å²) in [5.74, 6) is -0.949. The second-order valence-corrected chi connectivity index (χ2v) is 2.61. The van der Waals surface area contributed by atoms with Crippen LogP contribution in [0.4, 0.5) is 0 Å². The number of hydrogen-bond acceptors (Lipinski definition) is 4. The van der Waals surface area contributed by atoms with Gasteiger partial charge in [0, 0.05) is 0 Å². The molecule has 0 aromatic heterocycles. The van der Waals surface area contributed by atoms with Gasteiger partial charge in [0.25, 0.3) is 5.95 Å². The molecule has 0 fully saturated rings. The van der Waals surface area contributed by atoms with Crippen molar-refractivity contribution in [3.8, 4) is 0 Å². The SMILES string of the molecule is [CH2-]/C=C\C/C(C(=O)OCC)=C(\O)OCC.[CH3-].[Ni+2]. The van der Waals surface area contributed by atoms with E-state index >= 15 is 0 Å². The van der Waals surface area contributed by atoms with Gasteiger partial charge < -0.3 is 22.0 Å². The van der Waals surface area contributed by atoms with Gasteiger partial charge in [0.15, 0.2) is 0 Å². The Morgan fingerprint density at radius 2 is 1.82 bits per heavy atom. The van der Waals surface area contributed by atoms with E-state index < -0.39 is 5.97 Å². The van der Waals surface area contributed by atoms with Crippen molar-refractivity contribution in [1.29, 1.82) is 0 Å². The molecule has 0 atom stereocenters. The zero-order chi connectivity index (χ0) is 11.7. The summed E-state index contributed by atoms with van der Waals surface area (Å²) in [6, 6.07) is 0. The maximum atomic E-state index is 11.4. The molecular formula is C12H20NiO4. The Balaban J connectivity index is -0.000000980. The first-order valence-electron chi connectivity index (χ1n) is 4.83. The molecule has 1 N–H and O–H groups in total. The Morgan fingerprint density at radius 3 is 2.24 bits per heavy atom. The van der Waals surface area contributed by atoms with Crippen LogP contribution in [0.5, 0.6) is 0 Å². The minimum absolute atomic E-state index is 0. The topological polar surface area (TPSA) is 55.8 Å². The Morgan fingerprint density at radius 1 is 1.29 bits per heavy atom. The van der Waals surface area contributed by atoms with Gasteiger partial charge in [-0.2, -0.15) is 0 Å². The summed E-state index contributed by atoms with van der Waals surface area (Å²) >= 11 is 0.